The Labute approximate surface area is 136 Å². The van der Waals surface area contributed by atoms with Crippen LogP contribution < -0.4 is 14.8 Å². The molecular formula is C18H23N3O2. The highest BCUT2D eigenvalue weighted by atomic mass is 16.6. The van der Waals surface area contributed by atoms with Crippen molar-refractivity contribution in [3.8, 4) is 11.5 Å². The van der Waals surface area contributed by atoms with Gasteiger partial charge in [-0.15, -0.1) is 0 Å². The van der Waals surface area contributed by atoms with Gasteiger partial charge in [0.25, 0.3) is 0 Å². The molecule has 23 heavy (non-hydrogen) atoms. The number of benzene rings is 1. The molecule has 0 bridgehead atoms. The van der Waals surface area contributed by atoms with E-state index in [1.54, 1.807) is 0 Å². The molecular weight excluding hydrogens is 290 g/mol. The summed E-state index contributed by atoms with van der Waals surface area (Å²) >= 11 is 0. The normalized spacial score (nSPS) is 19.4. The van der Waals surface area contributed by atoms with Gasteiger partial charge in [-0.2, -0.15) is 0 Å². The number of aromatic nitrogens is 2. The molecule has 1 N–H and O–H groups in total. The molecule has 0 radical (unpaired) electrons. The lowest BCUT2D eigenvalue weighted by Gasteiger charge is -2.24. The summed E-state index contributed by atoms with van der Waals surface area (Å²) in [5.74, 6) is 3.48. The van der Waals surface area contributed by atoms with Crippen LogP contribution in [0.1, 0.15) is 35.8 Å². The first-order valence-electron chi connectivity index (χ1n) is 8.43. The first kappa shape index (κ1) is 14.6. The van der Waals surface area contributed by atoms with Gasteiger partial charge in [0.15, 0.2) is 11.5 Å². The molecule has 0 amide bonds. The lowest BCUT2D eigenvalue weighted by atomic mass is 9.99. The minimum Gasteiger partial charge on any atom is -0.486 e. The quantitative estimate of drug-likeness (QED) is 0.943. The molecule has 0 saturated carbocycles. The lowest BCUT2D eigenvalue weighted by molar-refractivity contribution is 0.169. The predicted octanol–water partition coefficient (Wildman–Crippen LogP) is 2.63. The van der Waals surface area contributed by atoms with Crippen LogP contribution in [0.2, 0.25) is 0 Å². The van der Waals surface area contributed by atoms with E-state index in [9.17, 15) is 0 Å². The van der Waals surface area contributed by atoms with E-state index in [0.717, 1.165) is 42.4 Å². The second kappa shape index (κ2) is 6.24. The van der Waals surface area contributed by atoms with Crippen molar-refractivity contribution in [1.82, 2.24) is 14.9 Å². The second-order valence-corrected chi connectivity index (χ2v) is 6.35. The third-order valence-electron chi connectivity index (χ3n) is 4.60. The largest absolute Gasteiger partial charge is 0.486 e. The summed E-state index contributed by atoms with van der Waals surface area (Å²) in [6.45, 7) is 6.18. The summed E-state index contributed by atoms with van der Waals surface area (Å²) in [6.07, 6.45) is 4.60. The number of para-hydroxylation sites is 1. The van der Waals surface area contributed by atoms with Crippen LogP contribution in [0.25, 0.3) is 0 Å². The number of rotatable bonds is 4. The topological polar surface area (TPSA) is 48.3 Å². The van der Waals surface area contributed by atoms with E-state index in [2.05, 4.69) is 29.1 Å². The molecule has 5 heteroatoms. The van der Waals surface area contributed by atoms with Gasteiger partial charge >= 0.3 is 0 Å². The van der Waals surface area contributed by atoms with Gasteiger partial charge in [-0.1, -0.05) is 12.1 Å². The van der Waals surface area contributed by atoms with Gasteiger partial charge in [0.1, 0.15) is 19.0 Å². The van der Waals surface area contributed by atoms with Crippen molar-refractivity contribution in [3.63, 3.8) is 0 Å². The molecule has 2 aliphatic rings. The Balaban J connectivity index is 1.41. The van der Waals surface area contributed by atoms with Crippen molar-refractivity contribution in [1.29, 1.82) is 0 Å². The third-order valence-corrected chi connectivity index (χ3v) is 4.60. The standard InChI is InChI=1S/C18H23N3O2/c1-13-12-21-7-3-5-15(18(21)20-13)11-19-10-14-4-2-6-16-17(14)23-9-8-22-16/h2,4,6,12,15,19H,3,5,7-11H2,1H3/t15-/m1/s1. The van der Waals surface area contributed by atoms with Crippen LogP contribution in [-0.2, 0) is 13.1 Å². The number of aryl methyl sites for hydroxylation is 2. The Hall–Kier alpha value is -2.01. The molecule has 122 valence electrons. The zero-order valence-corrected chi connectivity index (χ0v) is 13.5. The monoisotopic (exact) mass is 313 g/mol. The van der Waals surface area contributed by atoms with Crippen LogP contribution in [0.3, 0.4) is 0 Å². The first-order valence-corrected chi connectivity index (χ1v) is 8.43. The van der Waals surface area contributed by atoms with E-state index < -0.39 is 0 Å². The maximum absolute atomic E-state index is 5.78. The molecule has 5 nitrogen and oxygen atoms in total. The minimum atomic E-state index is 0.495. The SMILES string of the molecule is Cc1cn2c(n1)[C@@H](CNCc1cccc3c1OCCO3)CCC2. The number of fused-ring (bicyclic) bond motifs is 2. The summed E-state index contributed by atoms with van der Waals surface area (Å²) in [5.41, 5.74) is 2.28. The molecule has 1 aromatic carbocycles. The third kappa shape index (κ3) is 2.93. The lowest BCUT2D eigenvalue weighted by Crippen LogP contribution is -2.27. The smallest absolute Gasteiger partial charge is 0.165 e. The van der Waals surface area contributed by atoms with Crippen molar-refractivity contribution in [3.05, 3.63) is 41.5 Å². The summed E-state index contributed by atoms with van der Waals surface area (Å²) < 4.78 is 13.7. The number of nitrogens with zero attached hydrogens (tertiary/aromatic N) is 2. The summed E-state index contributed by atoms with van der Waals surface area (Å²) in [5, 5.41) is 3.58. The van der Waals surface area contributed by atoms with Gasteiger partial charge in [-0.3, -0.25) is 0 Å². The van der Waals surface area contributed by atoms with Gasteiger partial charge in [0.05, 0.1) is 5.69 Å². The molecule has 3 heterocycles. The molecule has 0 saturated heterocycles. The Morgan fingerprint density at radius 1 is 1.30 bits per heavy atom. The molecule has 0 aliphatic carbocycles. The molecule has 2 aromatic rings. The van der Waals surface area contributed by atoms with Gasteiger partial charge < -0.3 is 19.4 Å². The molecule has 2 aliphatic heterocycles. The fraction of sp³-hybridized carbons (Fsp3) is 0.500. The summed E-state index contributed by atoms with van der Waals surface area (Å²) in [7, 11) is 0. The second-order valence-electron chi connectivity index (χ2n) is 6.35. The number of hydrogen-bond acceptors (Lipinski definition) is 4. The van der Waals surface area contributed by atoms with Crippen LogP contribution in [0, 0.1) is 6.92 Å². The van der Waals surface area contributed by atoms with E-state index >= 15 is 0 Å². The van der Waals surface area contributed by atoms with E-state index in [4.69, 9.17) is 14.5 Å². The van der Waals surface area contributed by atoms with Gasteiger partial charge in [-0.25, -0.2) is 4.98 Å². The maximum atomic E-state index is 5.78. The van der Waals surface area contributed by atoms with Crippen molar-refractivity contribution >= 4 is 0 Å². The number of imidazole rings is 1. The highest BCUT2D eigenvalue weighted by Crippen LogP contribution is 2.33. The van der Waals surface area contributed by atoms with Crippen LogP contribution >= 0.6 is 0 Å². The summed E-state index contributed by atoms with van der Waals surface area (Å²) in [4.78, 5) is 4.71. The fourth-order valence-electron chi connectivity index (χ4n) is 3.56. The van der Waals surface area contributed by atoms with E-state index in [0.29, 0.717) is 19.1 Å². The summed E-state index contributed by atoms with van der Waals surface area (Å²) in [6, 6.07) is 6.10. The predicted molar refractivity (Wildman–Crippen MR) is 88.1 cm³/mol. The van der Waals surface area contributed by atoms with Gasteiger partial charge in [0, 0.05) is 37.3 Å². The molecule has 0 unspecified atom stereocenters. The Morgan fingerprint density at radius 3 is 3.17 bits per heavy atom. The first-order chi connectivity index (χ1) is 11.3. The Bertz CT molecular complexity index is 696. The van der Waals surface area contributed by atoms with E-state index in [1.807, 2.05) is 12.1 Å². The van der Waals surface area contributed by atoms with Crippen LogP contribution in [-0.4, -0.2) is 29.3 Å². The minimum absolute atomic E-state index is 0.495. The highest BCUT2D eigenvalue weighted by Gasteiger charge is 2.22. The van der Waals surface area contributed by atoms with Crippen LogP contribution in [0.5, 0.6) is 11.5 Å². The number of ether oxygens (including phenoxy) is 2. The molecule has 4 rings (SSSR count). The van der Waals surface area contributed by atoms with E-state index in [1.165, 1.54) is 18.7 Å². The zero-order chi connectivity index (χ0) is 15.6. The van der Waals surface area contributed by atoms with Crippen molar-refractivity contribution in [2.45, 2.75) is 38.8 Å². The van der Waals surface area contributed by atoms with Crippen molar-refractivity contribution in [2.24, 2.45) is 0 Å². The maximum Gasteiger partial charge on any atom is 0.165 e. The fourth-order valence-corrected chi connectivity index (χ4v) is 3.56. The average molecular weight is 313 g/mol. The molecule has 0 fully saturated rings. The molecule has 1 aromatic heterocycles. The Morgan fingerprint density at radius 2 is 2.22 bits per heavy atom. The average Bonchev–Trinajstić information content (AvgIpc) is 2.96. The zero-order valence-electron chi connectivity index (χ0n) is 13.5. The molecule has 0 spiro atoms. The highest BCUT2D eigenvalue weighted by molar-refractivity contribution is 5.47. The Kier molecular flexibility index (Phi) is 3.95. The number of hydrogen-bond donors (Lipinski definition) is 1. The van der Waals surface area contributed by atoms with Crippen molar-refractivity contribution < 1.29 is 9.47 Å². The molecule has 1 atom stereocenters. The number of nitrogens with one attached hydrogen (secondary N) is 1. The van der Waals surface area contributed by atoms with Gasteiger partial charge in [-0.05, 0) is 25.8 Å². The van der Waals surface area contributed by atoms with Crippen LogP contribution in [0.4, 0.5) is 0 Å². The van der Waals surface area contributed by atoms with Crippen molar-refractivity contribution in [2.75, 3.05) is 19.8 Å². The van der Waals surface area contributed by atoms with Crippen LogP contribution in [0.15, 0.2) is 24.4 Å². The van der Waals surface area contributed by atoms with Gasteiger partial charge in [0.2, 0.25) is 0 Å². The van der Waals surface area contributed by atoms with E-state index in [-0.39, 0.29) is 0 Å².